The van der Waals surface area contributed by atoms with Crippen LogP contribution in [0.1, 0.15) is 21.5 Å². The molecule has 0 bridgehead atoms. The van der Waals surface area contributed by atoms with Gasteiger partial charge in [-0.25, -0.2) is 9.18 Å². The van der Waals surface area contributed by atoms with Crippen molar-refractivity contribution in [1.82, 2.24) is 0 Å². The predicted octanol–water partition coefficient (Wildman–Crippen LogP) is 4.46. The van der Waals surface area contributed by atoms with E-state index in [0.29, 0.717) is 5.69 Å². The van der Waals surface area contributed by atoms with Crippen molar-refractivity contribution >= 4 is 40.9 Å². The van der Waals surface area contributed by atoms with E-state index in [-0.39, 0.29) is 10.6 Å². The minimum atomic E-state index is -0.820. The second-order valence-electron chi connectivity index (χ2n) is 5.37. The van der Waals surface area contributed by atoms with Crippen LogP contribution in [-0.2, 0) is 9.53 Å². The van der Waals surface area contributed by atoms with Gasteiger partial charge in [-0.05, 0) is 67.1 Å². The Morgan fingerprint density at radius 1 is 1.27 bits per heavy atom. The summed E-state index contributed by atoms with van der Waals surface area (Å²) >= 11 is 6.81. The molecule has 0 unspecified atom stereocenters. The Kier molecular flexibility index (Phi) is 6.61. The Hall–Kier alpha value is -2.56. The lowest BCUT2D eigenvalue weighted by molar-refractivity contribution is -0.119. The minimum Gasteiger partial charge on any atom is -0.452 e. The number of halogens is 2. The topological polar surface area (TPSA) is 79.2 Å². The first kappa shape index (κ1) is 19.8. The van der Waals surface area contributed by atoms with Crippen LogP contribution < -0.4 is 5.32 Å². The number of amides is 1. The number of nitrogens with one attached hydrogen (secondary N) is 1. The maximum Gasteiger partial charge on any atom is 0.340 e. The van der Waals surface area contributed by atoms with E-state index < -0.39 is 24.3 Å². The van der Waals surface area contributed by atoms with E-state index in [0.717, 1.165) is 39.9 Å². The summed E-state index contributed by atoms with van der Waals surface area (Å²) in [5.74, 6) is -1.92. The molecule has 8 heteroatoms. The van der Waals surface area contributed by atoms with Crippen molar-refractivity contribution < 1.29 is 18.7 Å². The van der Waals surface area contributed by atoms with Crippen molar-refractivity contribution in [2.24, 2.45) is 0 Å². The van der Waals surface area contributed by atoms with E-state index >= 15 is 0 Å². The van der Waals surface area contributed by atoms with Crippen LogP contribution in [0.2, 0.25) is 5.02 Å². The number of ether oxygens (including phenoxy) is 1. The van der Waals surface area contributed by atoms with Crippen LogP contribution in [-0.4, -0.2) is 18.5 Å². The number of carbonyl (C=O) groups is 2. The highest BCUT2D eigenvalue weighted by atomic mass is 35.5. The van der Waals surface area contributed by atoms with Gasteiger partial charge in [0, 0.05) is 10.6 Å². The van der Waals surface area contributed by atoms with Crippen molar-refractivity contribution in [2.75, 3.05) is 11.9 Å². The highest BCUT2D eigenvalue weighted by molar-refractivity contribution is 8.03. The Labute approximate surface area is 159 Å². The lowest BCUT2D eigenvalue weighted by atomic mass is 10.1. The van der Waals surface area contributed by atoms with Gasteiger partial charge in [0.1, 0.15) is 11.2 Å². The van der Waals surface area contributed by atoms with Crippen LogP contribution >= 0.6 is 23.4 Å². The van der Waals surface area contributed by atoms with Gasteiger partial charge in [0.15, 0.2) is 6.61 Å². The van der Waals surface area contributed by atoms with Crippen molar-refractivity contribution in [3.63, 3.8) is 0 Å². The lowest BCUT2D eigenvalue weighted by Gasteiger charge is -2.13. The number of hydrogen-bond donors (Lipinski definition) is 1. The fourth-order valence-corrected chi connectivity index (χ4v) is 3.09. The maximum absolute atomic E-state index is 13.0. The fourth-order valence-electron chi connectivity index (χ4n) is 2.27. The molecular weight excluding hydrogens is 379 g/mol. The molecule has 5 nitrogen and oxygen atoms in total. The SMILES string of the molecule is Cc1cc(SC#N)cc(C)c1NC(=O)COC(=O)c1ccc(F)cc1Cl. The van der Waals surface area contributed by atoms with Gasteiger partial charge in [0.05, 0.1) is 10.6 Å². The summed E-state index contributed by atoms with van der Waals surface area (Å²) in [5, 5.41) is 13.3. The normalized spacial score (nSPS) is 10.1. The highest BCUT2D eigenvalue weighted by Crippen LogP contribution is 2.27. The van der Waals surface area contributed by atoms with Crippen LogP contribution in [0.15, 0.2) is 35.2 Å². The molecule has 0 aromatic heterocycles. The molecule has 0 fully saturated rings. The summed E-state index contributed by atoms with van der Waals surface area (Å²) in [6, 6.07) is 6.82. The summed E-state index contributed by atoms with van der Waals surface area (Å²) in [6.07, 6.45) is 0. The van der Waals surface area contributed by atoms with Gasteiger partial charge in [-0.1, -0.05) is 11.6 Å². The molecule has 0 saturated heterocycles. The molecule has 2 rings (SSSR count). The first-order chi connectivity index (χ1) is 12.3. The van der Waals surface area contributed by atoms with Gasteiger partial charge < -0.3 is 10.1 Å². The van der Waals surface area contributed by atoms with Crippen LogP contribution in [0, 0.1) is 30.3 Å². The zero-order chi connectivity index (χ0) is 19.3. The first-order valence-electron chi connectivity index (χ1n) is 7.41. The van der Waals surface area contributed by atoms with Crippen molar-refractivity contribution in [2.45, 2.75) is 18.7 Å². The molecule has 0 radical (unpaired) electrons. The number of nitriles is 1. The van der Waals surface area contributed by atoms with Crippen LogP contribution in [0.5, 0.6) is 0 Å². The molecule has 0 aliphatic heterocycles. The summed E-state index contributed by atoms with van der Waals surface area (Å²) in [4.78, 5) is 24.8. The third-order valence-electron chi connectivity index (χ3n) is 3.42. The second-order valence-corrected chi connectivity index (χ2v) is 6.64. The standard InChI is InChI=1S/C18H14ClFN2O3S/c1-10-5-13(26-9-21)6-11(2)17(10)22-16(23)8-25-18(24)14-4-3-12(20)7-15(14)19/h3-7H,8H2,1-2H3,(H,22,23). The third kappa shape index (κ3) is 4.97. The molecule has 26 heavy (non-hydrogen) atoms. The summed E-state index contributed by atoms with van der Waals surface area (Å²) in [5.41, 5.74) is 2.13. The van der Waals surface area contributed by atoms with Gasteiger partial charge >= 0.3 is 5.97 Å². The third-order valence-corrected chi connectivity index (χ3v) is 4.29. The number of thiocyanates is 1. The Morgan fingerprint density at radius 2 is 1.92 bits per heavy atom. The lowest BCUT2D eigenvalue weighted by Crippen LogP contribution is -2.22. The van der Waals surface area contributed by atoms with Gasteiger partial charge in [0.25, 0.3) is 5.91 Å². The first-order valence-corrected chi connectivity index (χ1v) is 8.60. The summed E-state index contributed by atoms with van der Waals surface area (Å²) in [6.45, 7) is 3.09. The molecular formula is C18H14ClFN2O3S. The molecule has 0 spiro atoms. The van der Waals surface area contributed by atoms with Gasteiger partial charge in [-0.15, -0.1) is 0 Å². The molecule has 1 N–H and O–H groups in total. The monoisotopic (exact) mass is 392 g/mol. The maximum atomic E-state index is 13.0. The number of hydrogen-bond acceptors (Lipinski definition) is 5. The Morgan fingerprint density at radius 3 is 2.50 bits per heavy atom. The largest absolute Gasteiger partial charge is 0.452 e. The van der Waals surface area contributed by atoms with E-state index in [1.165, 1.54) is 6.07 Å². The number of thioether (sulfide) groups is 1. The molecule has 0 heterocycles. The van der Waals surface area contributed by atoms with Crippen LogP contribution in [0.25, 0.3) is 0 Å². The molecule has 2 aromatic carbocycles. The van der Waals surface area contributed by atoms with Crippen molar-refractivity contribution in [3.8, 4) is 5.40 Å². The molecule has 1 amide bonds. The molecule has 2 aromatic rings. The van der Waals surface area contributed by atoms with E-state index in [2.05, 4.69) is 5.32 Å². The number of anilines is 1. The minimum absolute atomic E-state index is 0.0221. The number of esters is 1. The van der Waals surface area contributed by atoms with Gasteiger partial charge in [0.2, 0.25) is 0 Å². The van der Waals surface area contributed by atoms with Crippen LogP contribution in [0.4, 0.5) is 10.1 Å². The Balaban J connectivity index is 2.01. The average molecular weight is 393 g/mol. The Bertz CT molecular complexity index is 889. The van der Waals surface area contributed by atoms with Gasteiger partial charge in [-0.3, -0.25) is 4.79 Å². The fraction of sp³-hybridized carbons (Fsp3) is 0.167. The smallest absolute Gasteiger partial charge is 0.340 e. The van der Waals surface area contributed by atoms with E-state index in [4.69, 9.17) is 21.6 Å². The number of nitrogens with zero attached hydrogens (tertiary/aromatic N) is 1. The van der Waals surface area contributed by atoms with Crippen LogP contribution in [0.3, 0.4) is 0 Å². The summed E-state index contributed by atoms with van der Waals surface area (Å²) < 4.78 is 17.9. The molecule has 134 valence electrons. The number of benzene rings is 2. The number of rotatable bonds is 5. The van der Waals surface area contributed by atoms with E-state index in [9.17, 15) is 14.0 Å². The molecule has 0 aliphatic rings. The van der Waals surface area contributed by atoms with Gasteiger partial charge in [-0.2, -0.15) is 5.26 Å². The van der Waals surface area contributed by atoms with Crippen molar-refractivity contribution in [3.05, 3.63) is 57.9 Å². The summed E-state index contributed by atoms with van der Waals surface area (Å²) in [7, 11) is 0. The quantitative estimate of drug-likeness (QED) is 0.461. The van der Waals surface area contributed by atoms with E-state index in [1.54, 1.807) is 26.0 Å². The molecule has 0 saturated carbocycles. The van der Waals surface area contributed by atoms with E-state index in [1.807, 2.05) is 5.40 Å². The number of aryl methyl sites for hydroxylation is 2. The second kappa shape index (κ2) is 8.70. The van der Waals surface area contributed by atoms with Crippen molar-refractivity contribution in [1.29, 1.82) is 5.26 Å². The molecule has 0 aliphatic carbocycles. The average Bonchev–Trinajstić information content (AvgIpc) is 2.56. The zero-order valence-corrected chi connectivity index (χ0v) is 15.5. The highest BCUT2D eigenvalue weighted by Gasteiger charge is 2.15. The molecule has 0 atom stereocenters. The zero-order valence-electron chi connectivity index (χ0n) is 13.9. The number of carbonyl (C=O) groups excluding carboxylic acids is 2. The predicted molar refractivity (Wildman–Crippen MR) is 97.7 cm³/mol.